The Morgan fingerprint density at radius 2 is 2.30 bits per heavy atom. The zero-order valence-corrected chi connectivity index (χ0v) is 14.3. The van der Waals surface area contributed by atoms with Gasteiger partial charge >= 0.3 is 0 Å². The Labute approximate surface area is 144 Å². The van der Waals surface area contributed by atoms with Gasteiger partial charge in [0.15, 0.2) is 10.3 Å². The summed E-state index contributed by atoms with van der Waals surface area (Å²) in [5, 5.41) is 5.83. The predicted octanol–water partition coefficient (Wildman–Crippen LogP) is 2.77. The first-order valence-corrected chi connectivity index (χ1v) is 8.78. The largest absolute Gasteiger partial charge is 0.323 e. The number of nitrogens with zero attached hydrogens (tertiary/aromatic N) is 3. The molecule has 118 valence electrons. The smallest absolute Gasteiger partial charge is 0.262 e. The molecular formula is C14H11ClN4O2S2. The number of hydrogen-bond donors (Lipinski definition) is 1. The first-order chi connectivity index (χ1) is 11.1. The van der Waals surface area contributed by atoms with E-state index in [0.29, 0.717) is 21.1 Å². The number of amides is 1. The van der Waals surface area contributed by atoms with Crippen LogP contribution >= 0.6 is 34.7 Å². The van der Waals surface area contributed by atoms with Crippen LogP contribution in [0, 0.1) is 0 Å². The molecule has 1 N–H and O–H groups in total. The normalized spacial score (nSPS) is 10.9. The second-order valence-corrected chi connectivity index (χ2v) is 6.77. The number of hydrogen-bond acceptors (Lipinski definition) is 6. The van der Waals surface area contributed by atoms with Gasteiger partial charge in [-0.15, -0.1) is 11.3 Å². The van der Waals surface area contributed by atoms with Crippen LogP contribution in [0.1, 0.15) is 0 Å². The van der Waals surface area contributed by atoms with Gasteiger partial charge in [-0.25, -0.2) is 9.97 Å². The number of anilines is 1. The van der Waals surface area contributed by atoms with Crippen LogP contribution in [-0.4, -0.2) is 26.2 Å². The number of halogens is 1. The molecule has 0 atom stereocenters. The molecule has 0 aliphatic carbocycles. The van der Waals surface area contributed by atoms with E-state index in [0.717, 1.165) is 0 Å². The molecule has 0 saturated heterocycles. The van der Waals surface area contributed by atoms with Gasteiger partial charge in [0.1, 0.15) is 4.83 Å². The summed E-state index contributed by atoms with van der Waals surface area (Å²) in [7, 11) is 1.64. The fraction of sp³-hybridized carbons (Fsp3) is 0.143. The van der Waals surface area contributed by atoms with Gasteiger partial charge in [0.2, 0.25) is 5.91 Å². The van der Waals surface area contributed by atoms with Crippen LogP contribution in [0.15, 0.2) is 39.7 Å². The molecule has 0 aliphatic heterocycles. The number of carbonyl (C=O) groups is 1. The first-order valence-electron chi connectivity index (χ1n) is 6.53. The van der Waals surface area contributed by atoms with Gasteiger partial charge in [-0.05, 0) is 23.6 Å². The Bertz CT molecular complexity index is 938. The minimum atomic E-state index is -0.245. The highest BCUT2D eigenvalue weighted by atomic mass is 35.5. The molecule has 0 bridgehead atoms. The maximum Gasteiger partial charge on any atom is 0.262 e. The molecule has 3 rings (SSSR count). The number of fused-ring (bicyclic) bond motifs is 1. The lowest BCUT2D eigenvalue weighted by Crippen LogP contribution is -2.21. The predicted molar refractivity (Wildman–Crippen MR) is 93.5 cm³/mol. The van der Waals surface area contributed by atoms with E-state index in [1.165, 1.54) is 27.7 Å². The summed E-state index contributed by atoms with van der Waals surface area (Å²) in [5.74, 6) is -0.131. The minimum absolute atomic E-state index is 0.113. The number of carbonyl (C=O) groups excluding carboxylic acids is 1. The topological polar surface area (TPSA) is 76.9 Å². The molecule has 0 radical (unpaired) electrons. The third-order valence-electron chi connectivity index (χ3n) is 3.03. The monoisotopic (exact) mass is 366 g/mol. The lowest BCUT2D eigenvalue weighted by molar-refractivity contribution is -0.113. The van der Waals surface area contributed by atoms with Crippen molar-refractivity contribution in [2.24, 2.45) is 7.05 Å². The van der Waals surface area contributed by atoms with Gasteiger partial charge in [-0.2, -0.15) is 0 Å². The molecule has 0 aromatic carbocycles. The number of thioether (sulfide) groups is 1. The number of pyridine rings is 1. The Morgan fingerprint density at radius 3 is 3.09 bits per heavy atom. The zero-order chi connectivity index (χ0) is 16.4. The van der Waals surface area contributed by atoms with E-state index in [4.69, 9.17) is 11.6 Å². The van der Waals surface area contributed by atoms with Crippen molar-refractivity contribution < 1.29 is 4.79 Å². The molecule has 6 nitrogen and oxygen atoms in total. The maximum absolute atomic E-state index is 12.2. The van der Waals surface area contributed by atoms with Crippen LogP contribution in [0.25, 0.3) is 10.2 Å². The van der Waals surface area contributed by atoms with Crippen LogP contribution in [0.5, 0.6) is 0 Å². The van der Waals surface area contributed by atoms with E-state index in [9.17, 15) is 9.59 Å². The molecule has 23 heavy (non-hydrogen) atoms. The maximum atomic E-state index is 12.2. The van der Waals surface area contributed by atoms with Crippen LogP contribution < -0.4 is 10.9 Å². The lowest BCUT2D eigenvalue weighted by Gasteiger charge is -2.08. The zero-order valence-electron chi connectivity index (χ0n) is 11.9. The lowest BCUT2D eigenvalue weighted by atomic mass is 10.4. The second kappa shape index (κ2) is 6.69. The molecule has 3 heterocycles. The molecule has 0 spiro atoms. The van der Waals surface area contributed by atoms with Crippen molar-refractivity contribution in [3.63, 3.8) is 0 Å². The molecular weight excluding hydrogens is 356 g/mol. The molecule has 0 fully saturated rings. The highest BCUT2D eigenvalue weighted by molar-refractivity contribution is 7.99. The van der Waals surface area contributed by atoms with Crippen molar-refractivity contribution in [3.05, 3.63) is 45.3 Å². The molecule has 3 aromatic heterocycles. The highest BCUT2D eigenvalue weighted by Gasteiger charge is 2.12. The molecule has 9 heteroatoms. The summed E-state index contributed by atoms with van der Waals surface area (Å²) in [5.41, 5.74) is 0.338. The van der Waals surface area contributed by atoms with Gasteiger partial charge in [0.25, 0.3) is 5.56 Å². The van der Waals surface area contributed by atoms with Crippen LogP contribution in [0.2, 0.25) is 5.15 Å². The summed E-state index contributed by atoms with van der Waals surface area (Å²) >= 11 is 8.49. The molecule has 1 amide bonds. The van der Waals surface area contributed by atoms with E-state index in [1.807, 2.05) is 5.38 Å². The Hall–Kier alpha value is -1.90. The van der Waals surface area contributed by atoms with Gasteiger partial charge in [0.05, 0.1) is 16.8 Å². The minimum Gasteiger partial charge on any atom is -0.323 e. The quantitative estimate of drug-likeness (QED) is 0.436. The average molecular weight is 367 g/mol. The SMILES string of the molecule is Cn1c(SCC(=O)Nc2cccnc2Cl)nc2sccc2c1=O. The van der Waals surface area contributed by atoms with Crippen LogP contribution in [-0.2, 0) is 11.8 Å². The first kappa shape index (κ1) is 16.0. The third-order valence-corrected chi connectivity index (χ3v) is 5.17. The molecule has 0 aliphatic rings. The molecule has 0 unspecified atom stereocenters. The van der Waals surface area contributed by atoms with Crippen LogP contribution in [0.4, 0.5) is 5.69 Å². The highest BCUT2D eigenvalue weighted by Crippen LogP contribution is 2.21. The fourth-order valence-corrected chi connectivity index (χ4v) is 3.65. The van der Waals surface area contributed by atoms with Crippen LogP contribution in [0.3, 0.4) is 0 Å². The van der Waals surface area contributed by atoms with Gasteiger partial charge < -0.3 is 5.32 Å². The van der Waals surface area contributed by atoms with Gasteiger partial charge in [-0.3, -0.25) is 14.2 Å². The summed E-state index contributed by atoms with van der Waals surface area (Å²) in [6, 6.07) is 5.11. The van der Waals surface area contributed by atoms with Crippen molar-refractivity contribution in [2.75, 3.05) is 11.1 Å². The van der Waals surface area contributed by atoms with E-state index >= 15 is 0 Å². The second-order valence-electron chi connectivity index (χ2n) is 4.58. The standard InChI is InChI=1S/C14H11ClN4O2S2/c1-19-13(21)8-4-6-22-12(8)18-14(19)23-7-10(20)17-9-3-2-5-16-11(9)15/h2-6H,7H2,1H3,(H,17,20). The third kappa shape index (κ3) is 3.39. The molecule has 0 saturated carbocycles. The van der Waals surface area contributed by atoms with Gasteiger partial charge in [0, 0.05) is 13.2 Å². The van der Waals surface area contributed by atoms with E-state index < -0.39 is 0 Å². The Kier molecular flexibility index (Phi) is 4.65. The van der Waals surface area contributed by atoms with E-state index in [2.05, 4.69) is 15.3 Å². The van der Waals surface area contributed by atoms with Crippen molar-refractivity contribution in [1.29, 1.82) is 0 Å². The number of rotatable bonds is 4. The Morgan fingerprint density at radius 1 is 1.48 bits per heavy atom. The number of thiophene rings is 1. The van der Waals surface area contributed by atoms with Crippen molar-refractivity contribution in [3.8, 4) is 0 Å². The average Bonchev–Trinajstić information content (AvgIpc) is 3.00. The van der Waals surface area contributed by atoms with E-state index in [1.54, 1.807) is 31.4 Å². The fourth-order valence-electron chi connectivity index (χ4n) is 1.90. The Balaban J connectivity index is 1.73. The summed E-state index contributed by atoms with van der Waals surface area (Å²) in [6.45, 7) is 0. The number of aromatic nitrogens is 3. The summed E-state index contributed by atoms with van der Waals surface area (Å²) < 4.78 is 1.45. The van der Waals surface area contributed by atoms with Crippen molar-refractivity contribution >= 4 is 56.5 Å². The van der Waals surface area contributed by atoms with Crippen molar-refractivity contribution in [2.45, 2.75) is 5.16 Å². The summed E-state index contributed by atoms with van der Waals surface area (Å²) in [6.07, 6.45) is 1.54. The summed E-state index contributed by atoms with van der Waals surface area (Å²) in [4.78, 5) is 33.2. The van der Waals surface area contributed by atoms with Crippen molar-refractivity contribution in [1.82, 2.24) is 14.5 Å². The van der Waals surface area contributed by atoms with Gasteiger partial charge in [-0.1, -0.05) is 23.4 Å². The number of nitrogens with one attached hydrogen (secondary N) is 1. The molecule has 3 aromatic rings. The van der Waals surface area contributed by atoms with E-state index in [-0.39, 0.29) is 22.4 Å².